The van der Waals surface area contributed by atoms with Crippen LogP contribution in [-0.2, 0) is 10.9 Å². The fourth-order valence-electron chi connectivity index (χ4n) is 1.94. The van der Waals surface area contributed by atoms with Crippen LogP contribution in [0.3, 0.4) is 0 Å². The third-order valence-corrected chi connectivity index (χ3v) is 3.35. The van der Waals surface area contributed by atoms with Gasteiger partial charge in [0.1, 0.15) is 0 Å². The van der Waals surface area contributed by atoms with Crippen molar-refractivity contribution in [3.63, 3.8) is 0 Å². The van der Waals surface area contributed by atoms with E-state index in [4.69, 9.17) is 4.74 Å². The minimum absolute atomic E-state index is 0.0825. The number of benzene rings is 1. The molecule has 2 atom stereocenters. The summed E-state index contributed by atoms with van der Waals surface area (Å²) >= 11 is 0. The quantitative estimate of drug-likeness (QED) is 0.814. The molecular weight excluding hydrogens is 283 g/mol. The molecule has 0 amide bonds. The SMILES string of the molecule is COCC(NCC(O)c1ccc(C(F)(F)F)cc1)C(C)C. The smallest absolute Gasteiger partial charge is 0.387 e. The molecule has 0 saturated carbocycles. The Bertz CT molecular complexity index is 418. The van der Waals surface area contributed by atoms with Crippen LogP contribution >= 0.6 is 0 Å². The number of nitrogens with one attached hydrogen (secondary N) is 1. The van der Waals surface area contributed by atoms with Gasteiger partial charge in [-0.1, -0.05) is 26.0 Å². The van der Waals surface area contributed by atoms with Gasteiger partial charge in [0, 0.05) is 19.7 Å². The van der Waals surface area contributed by atoms with E-state index in [-0.39, 0.29) is 12.6 Å². The molecule has 0 fully saturated rings. The van der Waals surface area contributed by atoms with Crippen LogP contribution in [0.1, 0.15) is 31.1 Å². The summed E-state index contributed by atoms with van der Waals surface area (Å²) in [6, 6.07) is 4.65. The molecule has 0 aliphatic carbocycles. The predicted molar refractivity (Wildman–Crippen MR) is 74.9 cm³/mol. The average Bonchev–Trinajstić information content (AvgIpc) is 2.42. The van der Waals surface area contributed by atoms with Gasteiger partial charge in [-0.25, -0.2) is 0 Å². The number of alkyl halides is 3. The highest BCUT2D eigenvalue weighted by molar-refractivity contribution is 5.26. The number of ether oxygens (including phenoxy) is 1. The fraction of sp³-hybridized carbons (Fsp3) is 0.600. The van der Waals surface area contributed by atoms with E-state index in [1.807, 2.05) is 13.8 Å². The fourth-order valence-corrected chi connectivity index (χ4v) is 1.94. The van der Waals surface area contributed by atoms with Gasteiger partial charge in [0.05, 0.1) is 18.3 Å². The Kier molecular flexibility index (Phi) is 6.64. The molecule has 3 nitrogen and oxygen atoms in total. The number of aliphatic hydroxyl groups excluding tert-OH is 1. The molecule has 0 aromatic heterocycles. The second-order valence-corrected chi connectivity index (χ2v) is 5.35. The third-order valence-electron chi connectivity index (χ3n) is 3.35. The molecule has 0 radical (unpaired) electrons. The summed E-state index contributed by atoms with van der Waals surface area (Å²) in [7, 11) is 1.60. The van der Waals surface area contributed by atoms with Gasteiger partial charge in [-0.15, -0.1) is 0 Å². The Morgan fingerprint density at radius 3 is 2.19 bits per heavy atom. The molecule has 2 unspecified atom stereocenters. The van der Waals surface area contributed by atoms with Crippen molar-refractivity contribution in [1.29, 1.82) is 0 Å². The third kappa shape index (κ3) is 5.65. The zero-order valence-electron chi connectivity index (χ0n) is 12.4. The normalized spacial score (nSPS) is 15.2. The molecule has 1 rings (SSSR count). The van der Waals surface area contributed by atoms with E-state index >= 15 is 0 Å². The summed E-state index contributed by atoms with van der Waals surface area (Å²) < 4.78 is 42.5. The van der Waals surface area contributed by atoms with E-state index in [9.17, 15) is 18.3 Å². The van der Waals surface area contributed by atoms with Crippen molar-refractivity contribution in [2.75, 3.05) is 20.3 Å². The lowest BCUT2D eigenvalue weighted by atomic mass is 10.0. The van der Waals surface area contributed by atoms with Crippen LogP contribution in [0.15, 0.2) is 24.3 Å². The van der Waals surface area contributed by atoms with Crippen molar-refractivity contribution >= 4 is 0 Å². The van der Waals surface area contributed by atoms with Crippen LogP contribution in [0.2, 0.25) is 0 Å². The van der Waals surface area contributed by atoms with Crippen molar-refractivity contribution in [3.05, 3.63) is 35.4 Å². The zero-order chi connectivity index (χ0) is 16.0. The lowest BCUT2D eigenvalue weighted by Gasteiger charge is -2.23. The number of hydrogen-bond donors (Lipinski definition) is 2. The Hall–Kier alpha value is -1.11. The van der Waals surface area contributed by atoms with Crippen LogP contribution < -0.4 is 5.32 Å². The van der Waals surface area contributed by atoms with Gasteiger partial charge in [-0.3, -0.25) is 0 Å². The van der Waals surface area contributed by atoms with E-state index < -0.39 is 17.8 Å². The van der Waals surface area contributed by atoms with Crippen LogP contribution in [0.5, 0.6) is 0 Å². The molecule has 1 aromatic rings. The summed E-state index contributed by atoms with van der Waals surface area (Å²) in [4.78, 5) is 0. The number of halogens is 3. The van der Waals surface area contributed by atoms with Gasteiger partial charge in [0.2, 0.25) is 0 Å². The Morgan fingerprint density at radius 2 is 1.76 bits per heavy atom. The molecule has 0 spiro atoms. The number of hydrogen-bond acceptors (Lipinski definition) is 3. The van der Waals surface area contributed by atoms with Crippen molar-refractivity contribution in [2.24, 2.45) is 5.92 Å². The molecule has 0 saturated heterocycles. The first-order valence-electron chi connectivity index (χ1n) is 6.83. The lowest BCUT2D eigenvalue weighted by molar-refractivity contribution is -0.137. The Morgan fingerprint density at radius 1 is 1.19 bits per heavy atom. The van der Waals surface area contributed by atoms with E-state index in [0.717, 1.165) is 12.1 Å². The van der Waals surface area contributed by atoms with Crippen molar-refractivity contribution in [1.82, 2.24) is 5.32 Å². The first-order valence-corrected chi connectivity index (χ1v) is 6.83. The molecule has 0 aliphatic rings. The standard InChI is InChI=1S/C15H22F3NO2/c1-10(2)13(9-21-3)19-8-14(20)11-4-6-12(7-5-11)15(16,17)18/h4-7,10,13-14,19-20H,8-9H2,1-3H3. The maximum absolute atomic E-state index is 12.5. The highest BCUT2D eigenvalue weighted by Crippen LogP contribution is 2.29. The molecular formula is C15H22F3NO2. The van der Waals surface area contributed by atoms with Gasteiger partial charge in [0.15, 0.2) is 0 Å². The van der Waals surface area contributed by atoms with E-state index in [2.05, 4.69) is 5.32 Å². The molecule has 21 heavy (non-hydrogen) atoms. The molecule has 6 heteroatoms. The minimum Gasteiger partial charge on any atom is -0.387 e. The molecule has 1 aromatic carbocycles. The number of aliphatic hydroxyl groups is 1. The van der Waals surface area contributed by atoms with E-state index in [1.54, 1.807) is 7.11 Å². The highest BCUT2D eigenvalue weighted by atomic mass is 19.4. The first-order chi connectivity index (χ1) is 9.75. The first kappa shape index (κ1) is 17.9. The lowest BCUT2D eigenvalue weighted by Crippen LogP contribution is -2.39. The maximum Gasteiger partial charge on any atom is 0.416 e. The average molecular weight is 305 g/mol. The second-order valence-electron chi connectivity index (χ2n) is 5.35. The summed E-state index contributed by atoms with van der Waals surface area (Å²) in [5.74, 6) is 0.324. The summed E-state index contributed by atoms with van der Waals surface area (Å²) in [6.07, 6.45) is -5.21. The number of methoxy groups -OCH3 is 1. The van der Waals surface area contributed by atoms with Crippen LogP contribution in [0.25, 0.3) is 0 Å². The van der Waals surface area contributed by atoms with Crippen molar-refractivity contribution in [3.8, 4) is 0 Å². The van der Waals surface area contributed by atoms with Crippen molar-refractivity contribution in [2.45, 2.75) is 32.2 Å². The van der Waals surface area contributed by atoms with Crippen LogP contribution in [0, 0.1) is 5.92 Å². The maximum atomic E-state index is 12.5. The highest BCUT2D eigenvalue weighted by Gasteiger charge is 2.30. The van der Waals surface area contributed by atoms with E-state index in [1.165, 1.54) is 12.1 Å². The van der Waals surface area contributed by atoms with E-state index in [0.29, 0.717) is 18.1 Å². The monoisotopic (exact) mass is 305 g/mol. The van der Waals surface area contributed by atoms with Crippen molar-refractivity contribution < 1.29 is 23.0 Å². The molecule has 0 aliphatic heterocycles. The van der Waals surface area contributed by atoms with Gasteiger partial charge in [-0.2, -0.15) is 13.2 Å². The van der Waals surface area contributed by atoms with Gasteiger partial charge in [0.25, 0.3) is 0 Å². The molecule has 2 N–H and O–H groups in total. The van der Waals surface area contributed by atoms with Gasteiger partial charge >= 0.3 is 6.18 Å². The van der Waals surface area contributed by atoms with Crippen LogP contribution in [-0.4, -0.2) is 31.4 Å². The predicted octanol–water partition coefficient (Wildman–Crippen LogP) is 3.00. The number of rotatable bonds is 7. The minimum atomic E-state index is -4.36. The summed E-state index contributed by atoms with van der Waals surface area (Å²) in [5, 5.41) is 13.2. The molecule has 120 valence electrons. The molecule has 0 bridgehead atoms. The molecule has 0 heterocycles. The van der Waals surface area contributed by atoms with Gasteiger partial charge in [-0.05, 0) is 23.6 Å². The summed E-state index contributed by atoms with van der Waals surface area (Å²) in [6.45, 7) is 4.83. The topological polar surface area (TPSA) is 41.5 Å². The second kappa shape index (κ2) is 7.77. The largest absolute Gasteiger partial charge is 0.416 e. The Labute approximate surface area is 123 Å². The zero-order valence-corrected chi connectivity index (χ0v) is 12.4. The van der Waals surface area contributed by atoms with Crippen LogP contribution in [0.4, 0.5) is 13.2 Å². The van der Waals surface area contributed by atoms with Gasteiger partial charge < -0.3 is 15.2 Å². The summed E-state index contributed by atoms with van der Waals surface area (Å²) in [5.41, 5.74) is -0.263. The Balaban J connectivity index is 2.61.